The highest BCUT2D eigenvalue weighted by Gasteiger charge is 2.44. The summed E-state index contributed by atoms with van der Waals surface area (Å²) in [4.78, 5) is 11.2. The lowest BCUT2D eigenvalue weighted by atomic mass is 9.73. The number of rotatable bonds is 4. The monoisotopic (exact) mass is 214 g/mol. The van der Waals surface area contributed by atoms with Crippen LogP contribution in [0.25, 0.3) is 0 Å². The van der Waals surface area contributed by atoms with E-state index in [0.717, 1.165) is 25.7 Å². The van der Waals surface area contributed by atoms with Gasteiger partial charge < -0.3 is 10.2 Å². The van der Waals surface area contributed by atoms with Gasteiger partial charge >= 0.3 is 5.97 Å². The normalized spacial score (nSPS) is 22.7. The molecule has 0 heterocycles. The minimum atomic E-state index is -1.49. The van der Waals surface area contributed by atoms with E-state index in [4.69, 9.17) is 0 Å². The van der Waals surface area contributed by atoms with Gasteiger partial charge in [0.25, 0.3) is 0 Å². The molecule has 0 aromatic carbocycles. The molecule has 0 aliphatic heterocycles. The van der Waals surface area contributed by atoms with E-state index in [1.165, 1.54) is 6.42 Å². The minimum Gasteiger partial charge on any atom is -0.479 e. The first-order valence-corrected chi connectivity index (χ1v) is 5.92. The van der Waals surface area contributed by atoms with Crippen LogP contribution in [-0.2, 0) is 4.79 Å². The highest BCUT2D eigenvalue weighted by Crippen LogP contribution is 2.36. The van der Waals surface area contributed by atoms with Crippen molar-refractivity contribution in [1.29, 1.82) is 0 Å². The summed E-state index contributed by atoms with van der Waals surface area (Å²) in [5.41, 5.74) is -1.49. The maximum atomic E-state index is 11.2. The molecule has 0 amide bonds. The Hall–Kier alpha value is -0.570. The molecule has 0 aromatic heterocycles. The van der Waals surface area contributed by atoms with Crippen molar-refractivity contribution in [3.8, 4) is 0 Å². The molecule has 1 aliphatic carbocycles. The molecule has 88 valence electrons. The second-order valence-electron chi connectivity index (χ2n) is 5.16. The standard InChI is InChI=1S/C12H22O3/c1-9(2)8-12(15,11(13)14)10-6-4-3-5-7-10/h9-10,15H,3-8H2,1-2H3,(H,13,14). The molecule has 1 unspecified atom stereocenters. The van der Waals surface area contributed by atoms with Gasteiger partial charge in [-0.25, -0.2) is 4.79 Å². The molecule has 1 atom stereocenters. The Morgan fingerprint density at radius 2 is 1.87 bits per heavy atom. The fraction of sp³-hybridized carbons (Fsp3) is 0.917. The summed E-state index contributed by atoms with van der Waals surface area (Å²) < 4.78 is 0. The second-order valence-corrected chi connectivity index (χ2v) is 5.16. The van der Waals surface area contributed by atoms with E-state index >= 15 is 0 Å². The number of carboxylic acids is 1. The van der Waals surface area contributed by atoms with Gasteiger partial charge in [-0.2, -0.15) is 0 Å². The van der Waals surface area contributed by atoms with Gasteiger partial charge in [0.1, 0.15) is 0 Å². The Balaban J connectivity index is 2.74. The fourth-order valence-corrected chi connectivity index (χ4v) is 2.63. The van der Waals surface area contributed by atoms with E-state index in [-0.39, 0.29) is 11.8 Å². The Morgan fingerprint density at radius 1 is 1.33 bits per heavy atom. The van der Waals surface area contributed by atoms with E-state index in [9.17, 15) is 15.0 Å². The summed E-state index contributed by atoms with van der Waals surface area (Å²) in [6, 6.07) is 0. The van der Waals surface area contributed by atoms with Crippen LogP contribution in [0.4, 0.5) is 0 Å². The van der Waals surface area contributed by atoms with Crippen LogP contribution in [0.3, 0.4) is 0 Å². The van der Waals surface area contributed by atoms with Crippen LogP contribution < -0.4 is 0 Å². The lowest BCUT2D eigenvalue weighted by Gasteiger charge is -2.36. The highest BCUT2D eigenvalue weighted by molar-refractivity contribution is 5.77. The number of carboxylic acid groups (broad SMARTS) is 1. The van der Waals surface area contributed by atoms with Gasteiger partial charge in [0.15, 0.2) is 5.60 Å². The summed E-state index contributed by atoms with van der Waals surface area (Å²) >= 11 is 0. The third-order valence-electron chi connectivity index (χ3n) is 3.37. The van der Waals surface area contributed by atoms with E-state index in [1.807, 2.05) is 13.8 Å². The van der Waals surface area contributed by atoms with Gasteiger partial charge in [0.05, 0.1) is 0 Å². The van der Waals surface area contributed by atoms with Crippen molar-refractivity contribution in [2.45, 2.75) is 58.0 Å². The Morgan fingerprint density at radius 3 is 2.27 bits per heavy atom. The average Bonchev–Trinajstić information content (AvgIpc) is 2.17. The lowest BCUT2D eigenvalue weighted by molar-refractivity contribution is -0.169. The lowest BCUT2D eigenvalue weighted by Crippen LogP contribution is -2.47. The van der Waals surface area contributed by atoms with Crippen molar-refractivity contribution in [3.63, 3.8) is 0 Å². The molecule has 15 heavy (non-hydrogen) atoms. The summed E-state index contributed by atoms with van der Waals surface area (Å²) in [7, 11) is 0. The van der Waals surface area contributed by atoms with Crippen molar-refractivity contribution < 1.29 is 15.0 Å². The maximum absolute atomic E-state index is 11.2. The van der Waals surface area contributed by atoms with Gasteiger partial charge in [-0.1, -0.05) is 33.1 Å². The van der Waals surface area contributed by atoms with E-state index in [0.29, 0.717) is 6.42 Å². The summed E-state index contributed by atoms with van der Waals surface area (Å²) in [6.07, 6.45) is 5.36. The molecule has 0 spiro atoms. The molecule has 0 aromatic rings. The summed E-state index contributed by atoms with van der Waals surface area (Å²) in [5, 5.41) is 19.5. The Labute approximate surface area is 91.5 Å². The zero-order valence-corrected chi connectivity index (χ0v) is 9.70. The molecule has 1 saturated carbocycles. The van der Waals surface area contributed by atoms with Crippen LogP contribution in [0, 0.1) is 11.8 Å². The zero-order valence-electron chi connectivity index (χ0n) is 9.70. The van der Waals surface area contributed by atoms with Crippen LogP contribution in [0.15, 0.2) is 0 Å². The molecule has 1 rings (SSSR count). The molecule has 0 radical (unpaired) electrons. The number of carbonyl (C=O) groups is 1. The molecular weight excluding hydrogens is 192 g/mol. The molecule has 2 N–H and O–H groups in total. The zero-order chi connectivity index (χ0) is 11.5. The topological polar surface area (TPSA) is 57.5 Å². The number of hydrogen-bond donors (Lipinski definition) is 2. The molecule has 3 nitrogen and oxygen atoms in total. The van der Waals surface area contributed by atoms with E-state index < -0.39 is 11.6 Å². The predicted molar refractivity (Wildman–Crippen MR) is 58.6 cm³/mol. The molecule has 1 aliphatic rings. The second kappa shape index (κ2) is 4.97. The molecule has 3 heteroatoms. The molecule has 0 bridgehead atoms. The van der Waals surface area contributed by atoms with E-state index in [1.54, 1.807) is 0 Å². The van der Waals surface area contributed by atoms with Gasteiger partial charge in [-0.15, -0.1) is 0 Å². The number of aliphatic hydroxyl groups is 1. The summed E-state index contributed by atoms with van der Waals surface area (Å²) in [6.45, 7) is 3.91. The fourth-order valence-electron chi connectivity index (χ4n) is 2.63. The molecular formula is C12H22O3. The number of hydrogen-bond acceptors (Lipinski definition) is 2. The van der Waals surface area contributed by atoms with Gasteiger partial charge in [-0.3, -0.25) is 0 Å². The van der Waals surface area contributed by atoms with Crippen molar-refractivity contribution in [2.24, 2.45) is 11.8 Å². The maximum Gasteiger partial charge on any atom is 0.335 e. The first-order chi connectivity index (χ1) is 6.97. The largest absolute Gasteiger partial charge is 0.479 e. The van der Waals surface area contributed by atoms with Crippen LogP contribution in [0.2, 0.25) is 0 Å². The van der Waals surface area contributed by atoms with Crippen LogP contribution >= 0.6 is 0 Å². The van der Waals surface area contributed by atoms with Gasteiger partial charge in [0.2, 0.25) is 0 Å². The quantitative estimate of drug-likeness (QED) is 0.755. The van der Waals surface area contributed by atoms with Gasteiger partial charge in [0, 0.05) is 0 Å². The van der Waals surface area contributed by atoms with Crippen LogP contribution in [0.5, 0.6) is 0 Å². The van der Waals surface area contributed by atoms with Crippen molar-refractivity contribution >= 4 is 5.97 Å². The third kappa shape index (κ3) is 2.94. The highest BCUT2D eigenvalue weighted by atomic mass is 16.4. The summed E-state index contributed by atoms with van der Waals surface area (Å²) in [5.74, 6) is -0.873. The average molecular weight is 214 g/mol. The van der Waals surface area contributed by atoms with E-state index in [2.05, 4.69) is 0 Å². The van der Waals surface area contributed by atoms with Crippen molar-refractivity contribution in [2.75, 3.05) is 0 Å². The van der Waals surface area contributed by atoms with Gasteiger partial charge in [-0.05, 0) is 31.1 Å². The molecule has 0 saturated heterocycles. The SMILES string of the molecule is CC(C)CC(O)(C(=O)O)C1CCCCC1. The Bertz CT molecular complexity index is 219. The first kappa shape index (κ1) is 12.5. The van der Waals surface area contributed by atoms with Crippen molar-refractivity contribution in [3.05, 3.63) is 0 Å². The van der Waals surface area contributed by atoms with Crippen LogP contribution in [-0.4, -0.2) is 21.8 Å². The third-order valence-corrected chi connectivity index (χ3v) is 3.37. The molecule has 1 fully saturated rings. The Kier molecular flexibility index (Phi) is 4.14. The predicted octanol–water partition coefficient (Wildman–Crippen LogP) is 2.43. The van der Waals surface area contributed by atoms with Crippen molar-refractivity contribution in [1.82, 2.24) is 0 Å². The van der Waals surface area contributed by atoms with Crippen LogP contribution in [0.1, 0.15) is 52.4 Å². The number of aliphatic carboxylic acids is 1. The smallest absolute Gasteiger partial charge is 0.335 e. The first-order valence-electron chi connectivity index (χ1n) is 5.92. The minimum absolute atomic E-state index is 0.0499.